The molecule has 1 fully saturated rings. The van der Waals surface area contributed by atoms with Crippen LogP contribution < -0.4 is 5.32 Å². The van der Waals surface area contributed by atoms with Gasteiger partial charge in [0.2, 0.25) is 5.91 Å². The summed E-state index contributed by atoms with van der Waals surface area (Å²) in [7, 11) is 0. The van der Waals surface area contributed by atoms with Crippen LogP contribution in [0.3, 0.4) is 0 Å². The molecular weight excluding hydrogens is 254 g/mol. The van der Waals surface area contributed by atoms with Crippen LogP contribution >= 0.6 is 11.6 Å². The Labute approximate surface area is 110 Å². The van der Waals surface area contributed by atoms with Crippen molar-refractivity contribution in [2.45, 2.75) is 19.4 Å². The number of hydrogen-bond acceptors (Lipinski definition) is 3. The Hall–Kier alpha value is -1.62. The van der Waals surface area contributed by atoms with E-state index in [1.807, 2.05) is 0 Å². The lowest BCUT2D eigenvalue weighted by Crippen LogP contribution is -2.37. The second-order valence-corrected chi connectivity index (χ2v) is 4.70. The van der Waals surface area contributed by atoms with Crippen molar-refractivity contribution in [3.8, 4) is 0 Å². The number of hydrogen-bond donors (Lipinski definition) is 1. The van der Waals surface area contributed by atoms with Gasteiger partial charge in [-0.05, 0) is 12.5 Å². The Bertz CT molecular complexity index is 478. The van der Waals surface area contributed by atoms with Crippen molar-refractivity contribution in [1.29, 1.82) is 0 Å². The van der Waals surface area contributed by atoms with Crippen molar-refractivity contribution in [1.82, 2.24) is 15.2 Å². The zero-order valence-corrected chi connectivity index (χ0v) is 10.8. The summed E-state index contributed by atoms with van der Waals surface area (Å²) < 4.78 is 0. The Morgan fingerprint density at radius 1 is 1.56 bits per heavy atom. The maximum absolute atomic E-state index is 12.2. The Morgan fingerprint density at radius 2 is 2.33 bits per heavy atom. The number of rotatable bonds is 2. The van der Waals surface area contributed by atoms with Gasteiger partial charge >= 0.3 is 0 Å². The molecule has 2 amide bonds. The van der Waals surface area contributed by atoms with Gasteiger partial charge in [0.05, 0.1) is 10.6 Å². The summed E-state index contributed by atoms with van der Waals surface area (Å²) in [4.78, 5) is 28.7. The summed E-state index contributed by atoms with van der Waals surface area (Å²) in [6, 6.07) is 1.64. The summed E-state index contributed by atoms with van der Waals surface area (Å²) in [6.45, 7) is 2.63. The highest BCUT2D eigenvalue weighted by molar-refractivity contribution is 6.33. The summed E-state index contributed by atoms with van der Waals surface area (Å²) in [5.74, 6) is -0.188. The van der Waals surface area contributed by atoms with E-state index >= 15 is 0 Å². The smallest absolute Gasteiger partial charge is 0.255 e. The third-order valence-corrected chi connectivity index (χ3v) is 3.19. The van der Waals surface area contributed by atoms with Crippen molar-refractivity contribution >= 4 is 23.4 Å². The van der Waals surface area contributed by atoms with Crippen LogP contribution in [-0.2, 0) is 4.79 Å². The molecule has 6 heteroatoms. The van der Waals surface area contributed by atoms with E-state index in [9.17, 15) is 9.59 Å². The summed E-state index contributed by atoms with van der Waals surface area (Å²) >= 11 is 5.94. The first-order chi connectivity index (χ1) is 8.58. The average molecular weight is 268 g/mol. The SMILES string of the molecule is CC(=O)NC1CCN(C(=O)c2ccncc2Cl)C1. The Balaban J connectivity index is 2.04. The molecule has 2 rings (SSSR count). The van der Waals surface area contributed by atoms with Crippen molar-refractivity contribution in [2.75, 3.05) is 13.1 Å². The van der Waals surface area contributed by atoms with E-state index in [4.69, 9.17) is 11.6 Å². The molecule has 1 aromatic rings. The number of nitrogens with one attached hydrogen (secondary N) is 1. The number of halogens is 1. The van der Waals surface area contributed by atoms with Gasteiger partial charge in [-0.2, -0.15) is 0 Å². The van der Waals surface area contributed by atoms with Crippen molar-refractivity contribution in [3.63, 3.8) is 0 Å². The van der Waals surface area contributed by atoms with Crippen LogP contribution in [0.15, 0.2) is 18.5 Å². The van der Waals surface area contributed by atoms with E-state index in [1.165, 1.54) is 13.1 Å². The van der Waals surface area contributed by atoms with Crippen LogP contribution in [0.4, 0.5) is 0 Å². The number of amides is 2. The highest BCUT2D eigenvalue weighted by Crippen LogP contribution is 2.19. The lowest BCUT2D eigenvalue weighted by Gasteiger charge is -2.17. The second kappa shape index (κ2) is 5.35. The number of pyridine rings is 1. The zero-order valence-electron chi connectivity index (χ0n) is 10.0. The molecule has 2 heterocycles. The number of likely N-dealkylation sites (tertiary alicyclic amines) is 1. The molecule has 0 aliphatic carbocycles. The monoisotopic (exact) mass is 267 g/mol. The fraction of sp³-hybridized carbons (Fsp3) is 0.417. The fourth-order valence-corrected chi connectivity index (χ4v) is 2.27. The van der Waals surface area contributed by atoms with Crippen LogP contribution in [0.25, 0.3) is 0 Å². The maximum atomic E-state index is 12.2. The minimum atomic E-state index is -0.116. The molecule has 5 nitrogen and oxygen atoms in total. The van der Waals surface area contributed by atoms with E-state index in [0.717, 1.165) is 6.42 Å². The van der Waals surface area contributed by atoms with Gasteiger partial charge in [-0.3, -0.25) is 14.6 Å². The van der Waals surface area contributed by atoms with Crippen LogP contribution in [-0.4, -0.2) is 40.8 Å². The van der Waals surface area contributed by atoms with Crippen molar-refractivity contribution < 1.29 is 9.59 Å². The molecule has 96 valence electrons. The fourth-order valence-electron chi connectivity index (χ4n) is 2.07. The van der Waals surface area contributed by atoms with E-state index in [0.29, 0.717) is 23.7 Å². The summed E-state index contributed by atoms with van der Waals surface area (Å²) in [5.41, 5.74) is 0.454. The maximum Gasteiger partial charge on any atom is 0.255 e. The summed E-state index contributed by atoms with van der Waals surface area (Å²) in [6.07, 6.45) is 3.77. The molecule has 0 aromatic carbocycles. The van der Waals surface area contributed by atoms with Crippen molar-refractivity contribution in [2.24, 2.45) is 0 Å². The predicted octanol–water partition coefficient (Wildman–Crippen LogP) is 1.09. The molecule has 1 saturated heterocycles. The molecule has 1 N–H and O–H groups in total. The van der Waals surface area contributed by atoms with Gasteiger partial charge in [-0.25, -0.2) is 0 Å². The molecule has 18 heavy (non-hydrogen) atoms. The molecule has 1 unspecified atom stereocenters. The topological polar surface area (TPSA) is 62.3 Å². The minimum Gasteiger partial charge on any atom is -0.352 e. The average Bonchev–Trinajstić information content (AvgIpc) is 2.76. The number of nitrogens with zero attached hydrogens (tertiary/aromatic N) is 2. The summed E-state index contributed by atoms with van der Waals surface area (Å²) in [5, 5.41) is 3.17. The van der Waals surface area contributed by atoms with Gasteiger partial charge in [-0.15, -0.1) is 0 Å². The van der Waals surface area contributed by atoms with Crippen LogP contribution in [0.1, 0.15) is 23.7 Å². The normalized spacial score (nSPS) is 18.8. The van der Waals surface area contributed by atoms with E-state index in [1.54, 1.807) is 17.2 Å². The molecule has 1 aliphatic heterocycles. The van der Waals surface area contributed by atoms with Gasteiger partial charge in [-0.1, -0.05) is 11.6 Å². The van der Waals surface area contributed by atoms with Crippen LogP contribution in [0.2, 0.25) is 5.02 Å². The highest BCUT2D eigenvalue weighted by atomic mass is 35.5. The van der Waals surface area contributed by atoms with E-state index < -0.39 is 0 Å². The third-order valence-electron chi connectivity index (χ3n) is 2.89. The molecule has 1 aromatic heterocycles. The van der Waals surface area contributed by atoms with Gasteiger partial charge in [0.1, 0.15) is 0 Å². The molecule has 0 bridgehead atoms. The molecular formula is C12H14ClN3O2. The molecule has 1 aliphatic rings. The largest absolute Gasteiger partial charge is 0.352 e. The Kier molecular flexibility index (Phi) is 3.81. The molecule has 0 spiro atoms. The van der Waals surface area contributed by atoms with E-state index in [2.05, 4.69) is 10.3 Å². The first-order valence-corrected chi connectivity index (χ1v) is 6.11. The van der Waals surface area contributed by atoms with Gasteiger partial charge in [0.25, 0.3) is 5.91 Å². The van der Waals surface area contributed by atoms with E-state index in [-0.39, 0.29) is 17.9 Å². The van der Waals surface area contributed by atoms with Crippen LogP contribution in [0, 0.1) is 0 Å². The first kappa shape index (κ1) is 12.8. The number of carbonyl (C=O) groups is 2. The molecule has 1 atom stereocenters. The van der Waals surface area contributed by atoms with Crippen molar-refractivity contribution in [3.05, 3.63) is 29.0 Å². The molecule has 0 saturated carbocycles. The third kappa shape index (κ3) is 2.79. The lowest BCUT2D eigenvalue weighted by atomic mass is 10.2. The van der Waals surface area contributed by atoms with Crippen LogP contribution in [0.5, 0.6) is 0 Å². The number of aromatic nitrogens is 1. The first-order valence-electron chi connectivity index (χ1n) is 5.74. The van der Waals surface area contributed by atoms with Gasteiger partial charge in [0.15, 0.2) is 0 Å². The number of carbonyl (C=O) groups excluding carboxylic acids is 2. The second-order valence-electron chi connectivity index (χ2n) is 4.29. The Morgan fingerprint density at radius 3 is 3.00 bits per heavy atom. The minimum absolute atomic E-state index is 0.0343. The predicted molar refractivity (Wildman–Crippen MR) is 67.4 cm³/mol. The standard InChI is InChI=1S/C12H14ClN3O2/c1-8(17)15-9-3-5-16(7-9)12(18)10-2-4-14-6-11(10)13/h2,4,6,9H,3,5,7H2,1H3,(H,15,17). The highest BCUT2D eigenvalue weighted by Gasteiger charge is 2.28. The zero-order chi connectivity index (χ0) is 13.1. The quantitative estimate of drug-likeness (QED) is 0.872. The van der Waals surface area contributed by atoms with Gasteiger partial charge < -0.3 is 10.2 Å². The molecule has 0 radical (unpaired) electrons. The lowest BCUT2D eigenvalue weighted by molar-refractivity contribution is -0.119. The van der Waals surface area contributed by atoms with Gasteiger partial charge in [0, 0.05) is 38.4 Å².